The van der Waals surface area contributed by atoms with E-state index in [1.54, 1.807) is 51.1 Å². The molecule has 0 aliphatic rings. The first-order valence-electron chi connectivity index (χ1n) is 11.4. The third-order valence-corrected chi connectivity index (χ3v) is 7.55. The van der Waals surface area contributed by atoms with Crippen molar-refractivity contribution in [2.75, 3.05) is 23.7 Å². The fourth-order valence-corrected chi connectivity index (χ4v) is 5.01. The van der Waals surface area contributed by atoms with Crippen molar-refractivity contribution in [2.45, 2.75) is 53.1 Å². The number of rotatable bonds is 11. The summed E-state index contributed by atoms with van der Waals surface area (Å²) in [6.45, 7) is 7.33. The molecule has 0 heterocycles. The molecule has 0 aliphatic heterocycles. The zero-order valence-electron chi connectivity index (χ0n) is 20.8. The van der Waals surface area contributed by atoms with Gasteiger partial charge in [-0.15, -0.1) is 0 Å². The number of para-hydroxylation sites is 1. The molecular formula is C25H33Cl2N3O4S. The fourth-order valence-electron chi connectivity index (χ4n) is 3.73. The van der Waals surface area contributed by atoms with E-state index in [9.17, 15) is 18.0 Å². The number of carbonyl (C=O) groups excluding carboxylic acids is 2. The topological polar surface area (TPSA) is 86.8 Å². The molecule has 7 nitrogen and oxygen atoms in total. The van der Waals surface area contributed by atoms with Gasteiger partial charge < -0.3 is 10.2 Å². The summed E-state index contributed by atoms with van der Waals surface area (Å²) < 4.78 is 26.6. The second-order valence-corrected chi connectivity index (χ2v) is 11.3. The van der Waals surface area contributed by atoms with Crippen molar-refractivity contribution in [3.05, 3.63) is 63.1 Å². The largest absolute Gasteiger partial charge is 0.354 e. The first-order valence-corrected chi connectivity index (χ1v) is 14.0. The van der Waals surface area contributed by atoms with Gasteiger partial charge in [0.1, 0.15) is 12.6 Å². The maximum absolute atomic E-state index is 13.6. The minimum absolute atomic E-state index is 0.0580. The number of carbonyl (C=O) groups is 2. The first kappa shape index (κ1) is 28.9. The maximum Gasteiger partial charge on any atom is 0.244 e. The van der Waals surface area contributed by atoms with Crippen molar-refractivity contribution < 1.29 is 18.0 Å². The van der Waals surface area contributed by atoms with Gasteiger partial charge in [0.2, 0.25) is 21.8 Å². The predicted octanol–water partition coefficient (Wildman–Crippen LogP) is 4.71. The van der Waals surface area contributed by atoms with E-state index in [1.807, 2.05) is 13.0 Å². The second kappa shape index (κ2) is 12.6. The summed E-state index contributed by atoms with van der Waals surface area (Å²) in [4.78, 5) is 27.8. The van der Waals surface area contributed by atoms with Gasteiger partial charge in [0, 0.05) is 13.1 Å². The van der Waals surface area contributed by atoms with Gasteiger partial charge in [-0.1, -0.05) is 60.8 Å². The van der Waals surface area contributed by atoms with Crippen molar-refractivity contribution in [1.82, 2.24) is 10.2 Å². The van der Waals surface area contributed by atoms with E-state index in [1.165, 1.54) is 4.90 Å². The highest BCUT2D eigenvalue weighted by Gasteiger charge is 2.31. The molecule has 0 aromatic heterocycles. The molecule has 2 rings (SSSR count). The van der Waals surface area contributed by atoms with Crippen LogP contribution in [-0.4, -0.2) is 50.5 Å². The van der Waals surface area contributed by atoms with E-state index in [0.29, 0.717) is 27.8 Å². The van der Waals surface area contributed by atoms with Gasteiger partial charge in [-0.2, -0.15) is 0 Å². The Hall–Kier alpha value is -2.29. The molecule has 0 saturated carbocycles. The van der Waals surface area contributed by atoms with Crippen molar-refractivity contribution >= 4 is 50.7 Å². The number of hydrogen-bond donors (Lipinski definition) is 1. The zero-order chi connectivity index (χ0) is 26.3. The van der Waals surface area contributed by atoms with Crippen LogP contribution < -0.4 is 9.62 Å². The molecule has 192 valence electrons. The minimum atomic E-state index is -3.79. The van der Waals surface area contributed by atoms with Gasteiger partial charge >= 0.3 is 0 Å². The van der Waals surface area contributed by atoms with Crippen LogP contribution in [0.25, 0.3) is 0 Å². The number of anilines is 1. The molecule has 0 fully saturated rings. The number of nitrogens with one attached hydrogen (secondary N) is 1. The molecule has 0 unspecified atom stereocenters. The Kier molecular flexibility index (Phi) is 10.4. The quantitative estimate of drug-likeness (QED) is 0.417. The first-order chi connectivity index (χ1) is 16.4. The SMILES string of the molecule is CCCCNC(=O)[C@@H](C)N(Cc1ccc(Cl)c(Cl)c1)C(=O)CN(c1c(C)cccc1C)S(C)(=O)=O. The van der Waals surface area contributed by atoms with Crippen LogP contribution >= 0.6 is 23.2 Å². The molecule has 0 spiro atoms. The van der Waals surface area contributed by atoms with Gasteiger partial charge in [0.25, 0.3) is 0 Å². The number of hydrogen-bond acceptors (Lipinski definition) is 4. The van der Waals surface area contributed by atoms with E-state index < -0.39 is 28.5 Å². The summed E-state index contributed by atoms with van der Waals surface area (Å²) in [5.74, 6) is -0.827. The van der Waals surface area contributed by atoms with Gasteiger partial charge in [0.05, 0.1) is 22.0 Å². The van der Waals surface area contributed by atoms with Crippen molar-refractivity contribution in [3.63, 3.8) is 0 Å². The number of aryl methyl sites for hydroxylation is 2. The summed E-state index contributed by atoms with van der Waals surface area (Å²) in [5, 5.41) is 3.54. The molecule has 35 heavy (non-hydrogen) atoms. The number of sulfonamides is 1. The Labute approximate surface area is 218 Å². The highest BCUT2D eigenvalue weighted by molar-refractivity contribution is 7.92. The highest BCUT2D eigenvalue weighted by Crippen LogP contribution is 2.28. The van der Waals surface area contributed by atoms with Gasteiger partial charge in [-0.25, -0.2) is 8.42 Å². The number of nitrogens with zero attached hydrogens (tertiary/aromatic N) is 2. The Morgan fingerprint density at radius 2 is 1.69 bits per heavy atom. The van der Waals surface area contributed by atoms with E-state index >= 15 is 0 Å². The van der Waals surface area contributed by atoms with E-state index in [2.05, 4.69) is 5.32 Å². The number of halogens is 2. The lowest BCUT2D eigenvalue weighted by atomic mass is 10.1. The Morgan fingerprint density at radius 1 is 1.06 bits per heavy atom. The van der Waals surface area contributed by atoms with Crippen LogP contribution in [0.5, 0.6) is 0 Å². The smallest absolute Gasteiger partial charge is 0.244 e. The lowest BCUT2D eigenvalue weighted by Crippen LogP contribution is -2.51. The molecule has 1 atom stereocenters. The monoisotopic (exact) mass is 541 g/mol. The summed E-state index contributed by atoms with van der Waals surface area (Å²) in [6.07, 6.45) is 2.80. The normalized spacial score (nSPS) is 12.2. The van der Waals surface area contributed by atoms with Crippen LogP contribution in [0.4, 0.5) is 5.69 Å². The molecule has 10 heteroatoms. The summed E-state index contributed by atoms with van der Waals surface area (Å²) in [5.41, 5.74) is 2.58. The molecule has 2 aromatic carbocycles. The predicted molar refractivity (Wildman–Crippen MR) is 142 cm³/mol. The average molecular weight is 543 g/mol. The van der Waals surface area contributed by atoms with Crippen LogP contribution in [0.3, 0.4) is 0 Å². The summed E-state index contributed by atoms with van der Waals surface area (Å²) >= 11 is 12.2. The molecule has 0 bridgehead atoms. The van der Waals surface area contributed by atoms with Gasteiger partial charge in [-0.05, 0) is 56.0 Å². The molecule has 2 aromatic rings. The zero-order valence-corrected chi connectivity index (χ0v) is 23.1. The number of benzene rings is 2. The minimum Gasteiger partial charge on any atom is -0.354 e. The van der Waals surface area contributed by atoms with Gasteiger partial charge in [-0.3, -0.25) is 13.9 Å². The maximum atomic E-state index is 13.6. The third kappa shape index (κ3) is 7.85. The van der Waals surface area contributed by atoms with Crippen LogP contribution in [-0.2, 0) is 26.2 Å². The van der Waals surface area contributed by atoms with Crippen LogP contribution in [0.1, 0.15) is 43.4 Å². The summed E-state index contributed by atoms with van der Waals surface area (Å²) in [7, 11) is -3.79. The number of unbranched alkanes of at least 4 members (excludes halogenated alkanes) is 1. The lowest BCUT2D eigenvalue weighted by Gasteiger charge is -2.32. The Bertz CT molecular complexity index is 1150. The third-order valence-electron chi connectivity index (χ3n) is 5.70. The van der Waals surface area contributed by atoms with E-state index in [-0.39, 0.29) is 12.5 Å². The molecular weight excluding hydrogens is 509 g/mol. The molecule has 0 saturated heterocycles. The van der Waals surface area contributed by atoms with Crippen molar-refractivity contribution in [3.8, 4) is 0 Å². The van der Waals surface area contributed by atoms with E-state index in [4.69, 9.17) is 23.2 Å². The Morgan fingerprint density at radius 3 is 2.23 bits per heavy atom. The highest BCUT2D eigenvalue weighted by atomic mass is 35.5. The summed E-state index contributed by atoms with van der Waals surface area (Å²) in [6, 6.07) is 9.54. The van der Waals surface area contributed by atoms with Crippen molar-refractivity contribution in [2.24, 2.45) is 0 Å². The van der Waals surface area contributed by atoms with E-state index in [0.717, 1.165) is 34.5 Å². The van der Waals surface area contributed by atoms with Crippen LogP contribution in [0.2, 0.25) is 10.0 Å². The van der Waals surface area contributed by atoms with Gasteiger partial charge in [0.15, 0.2) is 0 Å². The van der Waals surface area contributed by atoms with Crippen LogP contribution in [0.15, 0.2) is 36.4 Å². The number of amides is 2. The lowest BCUT2D eigenvalue weighted by molar-refractivity contribution is -0.139. The molecule has 0 aliphatic carbocycles. The fraction of sp³-hybridized carbons (Fsp3) is 0.440. The van der Waals surface area contributed by atoms with Crippen molar-refractivity contribution in [1.29, 1.82) is 0 Å². The second-order valence-electron chi connectivity index (χ2n) is 8.60. The average Bonchev–Trinajstić information content (AvgIpc) is 2.77. The standard InChI is InChI=1S/C25H33Cl2N3O4S/c1-6-7-13-28-25(32)19(4)29(15-20-11-12-21(26)22(27)14-20)23(31)16-30(35(5,33)34)24-17(2)9-8-10-18(24)3/h8-12,14,19H,6-7,13,15-16H2,1-5H3,(H,28,32)/t19-/m1/s1. The Balaban J connectivity index is 2.43. The molecule has 0 radical (unpaired) electrons. The molecule has 1 N–H and O–H groups in total. The molecule has 2 amide bonds. The van der Waals surface area contributed by atoms with Crippen LogP contribution in [0, 0.1) is 13.8 Å².